The SMILES string of the molecule is CCCC/C=C\CCCCCCCC(=O)OC(CCCCCCCCCCCCCC)CCCCCCCCCCCCCCCCC. The molecule has 0 aromatic rings. The van der Waals surface area contributed by atoms with E-state index in [4.69, 9.17) is 4.74 Å². The summed E-state index contributed by atoms with van der Waals surface area (Å²) in [6, 6.07) is 0. The van der Waals surface area contributed by atoms with E-state index in [0.29, 0.717) is 6.42 Å². The molecule has 0 amide bonds. The zero-order valence-corrected chi connectivity index (χ0v) is 33.6. The van der Waals surface area contributed by atoms with E-state index in [2.05, 4.69) is 32.9 Å². The van der Waals surface area contributed by atoms with Gasteiger partial charge in [-0.05, 0) is 51.4 Å². The topological polar surface area (TPSA) is 26.3 Å². The van der Waals surface area contributed by atoms with Gasteiger partial charge in [-0.2, -0.15) is 0 Å². The minimum atomic E-state index is 0.0683. The molecule has 2 heteroatoms. The quantitative estimate of drug-likeness (QED) is 0.0366. The first-order chi connectivity index (χ1) is 23.7. The number of allylic oxidation sites excluding steroid dienone is 2. The monoisotopic (exact) mass is 675 g/mol. The summed E-state index contributed by atoms with van der Waals surface area (Å²) in [5.41, 5.74) is 0. The lowest BCUT2D eigenvalue weighted by molar-refractivity contribution is -0.150. The van der Waals surface area contributed by atoms with Crippen LogP contribution in [0.4, 0.5) is 0 Å². The average molecular weight is 675 g/mol. The largest absolute Gasteiger partial charge is 0.462 e. The fourth-order valence-electron chi connectivity index (χ4n) is 7.08. The second kappa shape index (κ2) is 42.4. The van der Waals surface area contributed by atoms with Crippen molar-refractivity contribution in [2.75, 3.05) is 0 Å². The van der Waals surface area contributed by atoms with Crippen LogP contribution in [0.1, 0.15) is 271 Å². The molecule has 0 spiro atoms. The van der Waals surface area contributed by atoms with Crippen LogP contribution < -0.4 is 0 Å². The molecular weight excluding hydrogens is 585 g/mol. The van der Waals surface area contributed by atoms with Gasteiger partial charge in [0.2, 0.25) is 0 Å². The number of carbonyl (C=O) groups is 1. The van der Waals surface area contributed by atoms with Crippen molar-refractivity contribution in [3.63, 3.8) is 0 Å². The third-order valence-corrected chi connectivity index (χ3v) is 10.5. The van der Waals surface area contributed by atoms with Gasteiger partial charge in [0.1, 0.15) is 6.10 Å². The molecule has 0 aliphatic carbocycles. The first-order valence-electron chi connectivity index (χ1n) is 22.6. The zero-order valence-electron chi connectivity index (χ0n) is 33.6. The van der Waals surface area contributed by atoms with Gasteiger partial charge in [0, 0.05) is 6.42 Å². The molecule has 286 valence electrons. The summed E-state index contributed by atoms with van der Waals surface area (Å²) in [6.45, 7) is 6.85. The molecule has 0 saturated heterocycles. The molecule has 2 nitrogen and oxygen atoms in total. The first-order valence-corrected chi connectivity index (χ1v) is 22.6. The van der Waals surface area contributed by atoms with E-state index in [9.17, 15) is 4.79 Å². The third kappa shape index (κ3) is 39.6. The Morgan fingerprint density at radius 1 is 0.375 bits per heavy atom. The smallest absolute Gasteiger partial charge is 0.306 e. The standard InChI is InChI=1S/C46H90O2/c1-4-7-10-13-16-19-22-24-25-26-29-31-34-37-40-43-45(42-39-36-33-30-28-23-20-17-14-11-8-5-2)48-46(47)44-41-38-35-32-27-21-18-15-12-9-6-3/h15,18,45H,4-14,16-17,19-44H2,1-3H3/b18-15-. The van der Waals surface area contributed by atoms with Crippen LogP contribution in [0.3, 0.4) is 0 Å². The number of unbranched alkanes of at least 4 members (excludes halogenated alkanes) is 32. The summed E-state index contributed by atoms with van der Waals surface area (Å²) in [6.07, 6.45) is 56.2. The van der Waals surface area contributed by atoms with Gasteiger partial charge in [-0.25, -0.2) is 0 Å². The van der Waals surface area contributed by atoms with Gasteiger partial charge in [-0.15, -0.1) is 0 Å². The lowest BCUT2D eigenvalue weighted by atomic mass is 10.0. The van der Waals surface area contributed by atoms with E-state index in [1.54, 1.807) is 0 Å². The highest BCUT2D eigenvalue weighted by Gasteiger charge is 2.14. The third-order valence-electron chi connectivity index (χ3n) is 10.5. The van der Waals surface area contributed by atoms with Crippen molar-refractivity contribution in [3.8, 4) is 0 Å². The summed E-state index contributed by atoms with van der Waals surface area (Å²) in [5.74, 6) is 0.0683. The van der Waals surface area contributed by atoms with Crippen LogP contribution in [0.15, 0.2) is 12.2 Å². The first kappa shape index (κ1) is 47.2. The number of hydrogen-bond donors (Lipinski definition) is 0. The predicted molar refractivity (Wildman–Crippen MR) is 216 cm³/mol. The number of rotatable bonds is 41. The molecule has 0 aliphatic heterocycles. The van der Waals surface area contributed by atoms with Crippen LogP contribution in [0.2, 0.25) is 0 Å². The molecule has 0 bridgehead atoms. The Bertz CT molecular complexity index is 626. The van der Waals surface area contributed by atoms with Gasteiger partial charge in [0.25, 0.3) is 0 Å². The summed E-state index contributed by atoms with van der Waals surface area (Å²) in [4.78, 5) is 12.8. The molecule has 0 rings (SSSR count). The van der Waals surface area contributed by atoms with Crippen molar-refractivity contribution in [1.82, 2.24) is 0 Å². The zero-order chi connectivity index (χ0) is 34.9. The highest BCUT2D eigenvalue weighted by Crippen LogP contribution is 2.20. The predicted octanol–water partition coefficient (Wildman–Crippen LogP) is 16.7. The van der Waals surface area contributed by atoms with Gasteiger partial charge >= 0.3 is 5.97 Å². The maximum Gasteiger partial charge on any atom is 0.306 e. The number of ether oxygens (including phenoxy) is 1. The van der Waals surface area contributed by atoms with Crippen molar-refractivity contribution in [2.45, 2.75) is 277 Å². The van der Waals surface area contributed by atoms with Gasteiger partial charge in [0.15, 0.2) is 0 Å². The Kier molecular flexibility index (Phi) is 41.7. The lowest BCUT2D eigenvalue weighted by Gasteiger charge is -2.18. The number of hydrogen-bond acceptors (Lipinski definition) is 2. The van der Waals surface area contributed by atoms with E-state index in [1.807, 2.05) is 0 Å². The number of esters is 1. The van der Waals surface area contributed by atoms with Crippen molar-refractivity contribution in [2.24, 2.45) is 0 Å². The minimum absolute atomic E-state index is 0.0683. The van der Waals surface area contributed by atoms with Crippen molar-refractivity contribution in [1.29, 1.82) is 0 Å². The van der Waals surface area contributed by atoms with Crippen LogP contribution in [0.5, 0.6) is 0 Å². The molecule has 1 unspecified atom stereocenters. The van der Waals surface area contributed by atoms with E-state index in [1.165, 1.54) is 218 Å². The number of carbonyl (C=O) groups excluding carboxylic acids is 1. The molecule has 0 N–H and O–H groups in total. The van der Waals surface area contributed by atoms with Crippen LogP contribution in [0, 0.1) is 0 Å². The van der Waals surface area contributed by atoms with E-state index in [-0.39, 0.29) is 12.1 Å². The summed E-state index contributed by atoms with van der Waals surface area (Å²) >= 11 is 0. The molecule has 0 aromatic carbocycles. The Morgan fingerprint density at radius 3 is 1.04 bits per heavy atom. The van der Waals surface area contributed by atoms with Crippen LogP contribution in [0.25, 0.3) is 0 Å². The minimum Gasteiger partial charge on any atom is -0.462 e. The molecule has 0 saturated carbocycles. The highest BCUT2D eigenvalue weighted by atomic mass is 16.5. The van der Waals surface area contributed by atoms with Crippen molar-refractivity contribution < 1.29 is 9.53 Å². The van der Waals surface area contributed by atoms with Gasteiger partial charge in [-0.1, -0.05) is 226 Å². The second-order valence-electron chi connectivity index (χ2n) is 15.4. The normalized spacial score (nSPS) is 12.3. The van der Waals surface area contributed by atoms with Gasteiger partial charge in [0.05, 0.1) is 0 Å². The van der Waals surface area contributed by atoms with Crippen LogP contribution in [-0.4, -0.2) is 12.1 Å². The molecule has 0 heterocycles. The molecule has 0 fully saturated rings. The van der Waals surface area contributed by atoms with E-state index >= 15 is 0 Å². The molecule has 0 aliphatic rings. The summed E-state index contributed by atoms with van der Waals surface area (Å²) in [5, 5.41) is 0. The fourth-order valence-corrected chi connectivity index (χ4v) is 7.08. The lowest BCUT2D eigenvalue weighted by Crippen LogP contribution is -2.18. The Balaban J connectivity index is 4.07. The summed E-state index contributed by atoms with van der Waals surface area (Å²) < 4.78 is 6.11. The maximum absolute atomic E-state index is 12.8. The molecule has 0 radical (unpaired) electrons. The van der Waals surface area contributed by atoms with Crippen molar-refractivity contribution >= 4 is 5.97 Å². The van der Waals surface area contributed by atoms with Gasteiger partial charge < -0.3 is 4.74 Å². The Morgan fingerprint density at radius 2 is 0.667 bits per heavy atom. The molecule has 0 aromatic heterocycles. The van der Waals surface area contributed by atoms with Crippen molar-refractivity contribution in [3.05, 3.63) is 12.2 Å². The highest BCUT2D eigenvalue weighted by molar-refractivity contribution is 5.69. The van der Waals surface area contributed by atoms with Crippen LogP contribution in [-0.2, 0) is 9.53 Å². The van der Waals surface area contributed by atoms with E-state index in [0.717, 1.165) is 25.7 Å². The summed E-state index contributed by atoms with van der Waals surface area (Å²) in [7, 11) is 0. The molecular formula is C46H90O2. The van der Waals surface area contributed by atoms with E-state index < -0.39 is 0 Å². The van der Waals surface area contributed by atoms with Crippen LogP contribution >= 0.6 is 0 Å². The molecule has 1 atom stereocenters. The Labute approximate surface area is 304 Å². The average Bonchev–Trinajstić information content (AvgIpc) is 3.09. The Hall–Kier alpha value is -0.790. The second-order valence-corrected chi connectivity index (χ2v) is 15.4. The maximum atomic E-state index is 12.8. The molecule has 48 heavy (non-hydrogen) atoms. The van der Waals surface area contributed by atoms with Gasteiger partial charge in [-0.3, -0.25) is 4.79 Å². The fraction of sp³-hybridized carbons (Fsp3) is 0.935.